The Labute approximate surface area is 160 Å². The number of rotatable bonds is 1. The highest BCUT2D eigenvalue weighted by Gasteiger charge is 2.51. The van der Waals surface area contributed by atoms with Gasteiger partial charge in [-0.3, -0.25) is 0 Å². The molecule has 0 aliphatic carbocycles. The van der Waals surface area contributed by atoms with Crippen LogP contribution in [-0.4, -0.2) is 18.3 Å². The van der Waals surface area contributed by atoms with Gasteiger partial charge in [0.15, 0.2) is 0 Å². The average Bonchev–Trinajstić information content (AvgIpc) is 2.99. The molecule has 26 heavy (non-hydrogen) atoms. The Balaban J connectivity index is 1.85. The molecule has 2 nitrogen and oxygen atoms in total. The van der Waals surface area contributed by atoms with Crippen molar-refractivity contribution < 1.29 is 9.31 Å². The molecule has 2 aromatic carbocycles. The maximum atomic E-state index is 6.25. The summed E-state index contributed by atoms with van der Waals surface area (Å²) >= 11 is 1.88. The summed E-state index contributed by atoms with van der Waals surface area (Å²) in [6.07, 6.45) is 0. The molecule has 2 heterocycles. The topological polar surface area (TPSA) is 18.5 Å². The van der Waals surface area contributed by atoms with Crippen molar-refractivity contribution in [3.63, 3.8) is 0 Å². The van der Waals surface area contributed by atoms with E-state index in [4.69, 9.17) is 9.31 Å². The zero-order chi connectivity index (χ0) is 18.9. The highest BCUT2D eigenvalue weighted by molar-refractivity contribution is 7.26. The lowest BCUT2D eigenvalue weighted by molar-refractivity contribution is 0.00578. The molecule has 1 aromatic heterocycles. The Morgan fingerprint density at radius 3 is 2.15 bits per heavy atom. The first-order valence-electron chi connectivity index (χ1n) is 9.31. The summed E-state index contributed by atoms with van der Waals surface area (Å²) < 4.78 is 15.2. The zero-order valence-electron chi connectivity index (χ0n) is 16.8. The quantitative estimate of drug-likeness (QED) is 0.518. The third-order valence-corrected chi connectivity index (χ3v) is 7.07. The van der Waals surface area contributed by atoms with Crippen LogP contribution in [0.2, 0.25) is 0 Å². The largest absolute Gasteiger partial charge is 0.494 e. The summed E-state index contributed by atoms with van der Waals surface area (Å²) in [5, 5.41) is 2.62. The molecule has 1 aliphatic rings. The molecule has 0 saturated carbocycles. The van der Waals surface area contributed by atoms with Crippen LogP contribution in [0, 0.1) is 0 Å². The van der Waals surface area contributed by atoms with Gasteiger partial charge in [0.2, 0.25) is 0 Å². The second-order valence-corrected chi connectivity index (χ2v) is 10.4. The van der Waals surface area contributed by atoms with Gasteiger partial charge in [-0.25, -0.2) is 0 Å². The fourth-order valence-electron chi connectivity index (χ4n) is 3.53. The van der Waals surface area contributed by atoms with Crippen LogP contribution in [0.5, 0.6) is 0 Å². The number of hydrogen-bond donors (Lipinski definition) is 0. The van der Waals surface area contributed by atoms with E-state index in [0.717, 1.165) is 5.46 Å². The Bertz CT molecular complexity index is 978. The standard InChI is InChI=1S/C22H27BO2S/c1-20(2,3)17-10-8-9-15-16-13-14(11-12-18(16)26-19(15)17)23-24-21(4,5)22(6,7)25-23/h8-13H,1-7H3. The van der Waals surface area contributed by atoms with Crippen molar-refractivity contribution >= 4 is 44.1 Å². The van der Waals surface area contributed by atoms with Gasteiger partial charge in [0, 0.05) is 14.8 Å². The summed E-state index contributed by atoms with van der Waals surface area (Å²) in [4.78, 5) is 0. The van der Waals surface area contributed by atoms with Crippen LogP contribution >= 0.6 is 11.3 Å². The second-order valence-electron chi connectivity index (χ2n) is 9.38. The van der Waals surface area contributed by atoms with Crippen molar-refractivity contribution in [1.29, 1.82) is 0 Å². The highest BCUT2D eigenvalue weighted by atomic mass is 32.1. The number of benzene rings is 2. The first kappa shape index (κ1) is 18.0. The smallest absolute Gasteiger partial charge is 0.399 e. The van der Waals surface area contributed by atoms with E-state index >= 15 is 0 Å². The molecule has 0 atom stereocenters. The summed E-state index contributed by atoms with van der Waals surface area (Å²) in [5.41, 5.74) is 2.01. The summed E-state index contributed by atoms with van der Waals surface area (Å²) in [6, 6.07) is 13.3. The maximum Gasteiger partial charge on any atom is 0.494 e. The number of hydrogen-bond acceptors (Lipinski definition) is 3. The minimum absolute atomic E-state index is 0.134. The van der Waals surface area contributed by atoms with E-state index < -0.39 is 0 Å². The van der Waals surface area contributed by atoms with Gasteiger partial charge in [0.25, 0.3) is 0 Å². The van der Waals surface area contributed by atoms with Crippen LogP contribution in [0.25, 0.3) is 20.2 Å². The van der Waals surface area contributed by atoms with Crippen LogP contribution in [0.4, 0.5) is 0 Å². The van der Waals surface area contributed by atoms with E-state index in [1.54, 1.807) is 0 Å². The molecule has 0 unspecified atom stereocenters. The first-order valence-corrected chi connectivity index (χ1v) is 10.1. The predicted molar refractivity (Wildman–Crippen MR) is 114 cm³/mol. The monoisotopic (exact) mass is 366 g/mol. The van der Waals surface area contributed by atoms with Crippen LogP contribution < -0.4 is 5.46 Å². The molecule has 1 fully saturated rings. The molecule has 4 rings (SSSR count). The molecular formula is C22H27BO2S. The fourth-order valence-corrected chi connectivity index (χ4v) is 4.94. The van der Waals surface area contributed by atoms with Crippen molar-refractivity contribution in [2.45, 2.75) is 65.1 Å². The van der Waals surface area contributed by atoms with Gasteiger partial charge < -0.3 is 9.31 Å². The summed E-state index contributed by atoms with van der Waals surface area (Å²) in [7, 11) is -0.315. The number of fused-ring (bicyclic) bond motifs is 3. The van der Waals surface area contributed by atoms with E-state index in [9.17, 15) is 0 Å². The normalized spacial score (nSPS) is 19.6. The van der Waals surface area contributed by atoms with Crippen molar-refractivity contribution in [3.8, 4) is 0 Å². The summed E-state index contributed by atoms with van der Waals surface area (Å²) in [5.74, 6) is 0. The van der Waals surface area contributed by atoms with E-state index in [0.29, 0.717) is 0 Å². The Morgan fingerprint density at radius 2 is 1.54 bits per heavy atom. The lowest BCUT2D eigenvalue weighted by Gasteiger charge is -2.32. The van der Waals surface area contributed by atoms with Crippen LogP contribution in [0.1, 0.15) is 54.0 Å². The predicted octanol–water partition coefficient (Wildman–Crippen LogP) is 5.65. The molecule has 3 aromatic rings. The van der Waals surface area contributed by atoms with Gasteiger partial charge in [-0.05, 0) is 55.6 Å². The molecule has 0 radical (unpaired) electrons. The van der Waals surface area contributed by atoms with Gasteiger partial charge in [-0.15, -0.1) is 11.3 Å². The maximum absolute atomic E-state index is 6.25. The molecular weight excluding hydrogens is 339 g/mol. The Hall–Kier alpha value is -1.36. The lowest BCUT2D eigenvalue weighted by atomic mass is 9.78. The van der Waals surface area contributed by atoms with E-state index in [-0.39, 0.29) is 23.7 Å². The minimum atomic E-state index is -0.317. The highest BCUT2D eigenvalue weighted by Crippen LogP contribution is 2.40. The van der Waals surface area contributed by atoms with Crippen molar-refractivity contribution in [3.05, 3.63) is 42.0 Å². The fraction of sp³-hybridized carbons (Fsp3) is 0.455. The molecule has 0 spiro atoms. The van der Waals surface area contributed by atoms with Crippen LogP contribution in [-0.2, 0) is 14.7 Å². The van der Waals surface area contributed by atoms with Crippen LogP contribution in [0.3, 0.4) is 0 Å². The van der Waals surface area contributed by atoms with Crippen molar-refractivity contribution in [1.82, 2.24) is 0 Å². The first-order chi connectivity index (χ1) is 12.0. The van der Waals surface area contributed by atoms with Gasteiger partial charge in [-0.2, -0.15) is 0 Å². The minimum Gasteiger partial charge on any atom is -0.399 e. The van der Waals surface area contributed by atoms with Crippen LogP contribution in [0.15, 0.2) is 36.4 Å². The molecule has 1 aliphatic heterocycles. The third-order valence-electron chi connectivity index (χ3n) is 5.85. The molecule has 1 saturated heterocycles. The van der Waals surface area contributed by atoms with E-state index in [1.807, 2.05) is 11.3 Å². The molecule has 0 N–H and O–H groups in total. The SMILES string of the molecule is CC(C)(C)c1cccc2c1sc1ccc(B3OC(C)(C)C(C)(C)O3)cc12. The van der Waals surface area contributed by atoms with Gasteiger partial charge in [-0.1, -0.05) is 51.1 Å². The molecule has 0 bridgehead atoms. The average molecular weight is 366 g/mol. The van der Waals surface area contributed by atoms with Crippen molar-refractivity contribution in [2.75, 3.05) is 0 Å². The molecule has 0 amide bonds. The Kier molecular flexibility index (Phi) is 3.86. The zero-order valence-corrected chi connectivity index (χ0v) is 17.6. The Morgan fingerprint density at radius 1 is 0.885 bits per heavy atom. The van der Waals surface area contributed by atoms with Gasteiger partial charge in [0.05, 0.1) is 11.2 Å². The van der Waals surface area contributed by atoms with E-state index in [1.165, 1.54) is 25.7 Å². The van der Waals surface area contributed by atoms with Gasteiger partial charge in [0.1, 0.15) is 0 Å². The third kappa shape index (κ3) is 2.70. The molecule has 4 heteroatoms. The summed E-state index contributed by atoms with van der Waals surface area (Å²) in [6.45, 7) is 15.2. The second kappa shape index (κ2) is 5.57. The van der Waals surface area contributed by atoms with Gasteiger partial charge >= 0.3 is 7.12 Å². The lowest BCUT2D eigenvalue weighted by Crippen LogP contribution is -2.41. The van der Waals surface area contributed by atoms with E-state index in [2.05, 4.69) is 84.9 Å². The molecule has 136 valence electrons. The number of thiophene rings is 1. The van der Waals surface area contributed by atoms with Crippen molar-refractivity contribution in [2.24, 2.45) is 0 Å².